The number of aromatic nitrogens is 1. The maximum Gasteiger partial charge on any atom is 0.337 e. The van der Waals surface area contributed by atoms with Gasteiger partial charge in [-0.2, -0.15) is 0 Å². The fraction of sp³-hybridized carbons (Fsp3) is 0.200. The molecule has 0 radical (unpaired) electrons. The Hall–Kier alpha value is -2.36. The van der Waals surface area contributed by atoms with Gasteiger partial charge in [-0.1, -0.05) is 18.2 Å². The van der Waals surface area contributed by atoms with Gasteiger partial charge in [0.25, 0.3) is 0 Å². The minimum absolute atomic E-state index is 0.325. The summed E-state index contributed by atoms with van der Waals surface area (Å²) < 4.78 is 0. The van der Waals surface area contributed by atoms with Crippen LogP contribution in [0.25, 0.3) is 0 Å². The lowest BCUT2D eigenvalue weighted by atomic mass is 10.1. The van der Waals surface area contributed by atoms with Crippen molar-refractivity contribution in [3.63, 3.8) is 0 Å². The highest BCUT2D eigenvalue weighted by Crippen LogP contribution is 2.25. The lowest BCUT2D eigenvalue weighted by Gasteiger charge is -2.23. The zero-order valence-corrected chi connectivity index (χ0v) is 11.0. The molecule has 0 bridgehead atoms. The zero-order chi connectivity index (χ0) is 13.8. The van der Waals surface area contributed by atoms with Gasteiger partial charge >= 0.3 is 5.97 Å². The van der Waals surface area contributed by atoms with Crippen LogP contribution in [0.3, 0.4) is 0 Å². The second-order valence-corrected chi connectivity index (χ2v) is 4.49. The lowest BCUT2D eigenvalue weighted by Crippen LogP contribution is -2.20. The van der Waals surface area contributed by atoms with Gasteiger partial charge in [-0.05, 0) is 30.2 Å². The van der Waals surface area contributed by atoms with Crippen molar-refractivity contribution in [3.05, 3.63) is 59.4 Å². The van der Waals surface area contributed by atoms with Crippen molar-refractivity contribution in [2.45, 2.75) is 13.5 Å². The number of rotatable bonds is 4. The summed E-state index contributed by atoms with van der Waals surface area (Å²) in [5.74, 6) is -0.906. The molecule has 1 aromatic carbocycles. The van der Waals surface area contributed by atoms with Crippen LogP contribution in [-0.4, -0.2) is 23.1 Å². The van der Waals surface area contributed by atoms with Crippen molar-refractivity contribution >= 4 is 11.7 Å². The van der Waals surface area contributed by atoms with Crippen LogP contribution in [0.5, 0.6) is 0 Å². The van der Waals surface area contributed by atoms with Crippen LogP contribution < -0.4 is 4.90 Å². The number of para-hydroxylation sites is 1. The molecule has 0 aliphatic carbocycles. The van der Waals surface area contributed by atoms with Gasteiger partial charge in [0, 0.05) is 26.0 Å². The van der Waals surface area contributed by atoms with Crippen molar-refractivity contribution in [1.29, 1.82) is 0 Å². The maximum absolute atomic E-state index is 11.3. The van der Waals surface area contributed by atoms with Crippen molar-refractivity contribution in [2.75, 3.05) is 11.9 Å². The second kappa shape index (κ2) is 5.52. The molecule has 98 valence electrons. The number of carboxylic acid groups (broad SMARTS) is 1. The first kappa shape index (κ1) is 13.1. The molecular weight excluding hydrogens is 240 g/mol. The molecule has 19 heavy (non-hydrogen) atoms. The number of pyridine rings is 1. The van der Waals surface area contributed by atoms with E-state index in [2.05, 4.69) is 4.98 Å². The molecule has 0 spiro atoms. The third kappa shape index (κ3) is 2.91. The Morgan fingerprint density at radius 3 is 2.74 bits per heavy atom. The van der Waals surface area contributed by atoms with Crippen molar-refractivity contribution in [3.8, 4) is 0 Å². The van der Waals surface area contributed by atoms with Gasteiger partial charge in [-0.3, -0.25) is 4.98 Å². The molecule has 0 aliphatic heterocycles. The summed E-state index contributed by atoms with van der Waals surface area (Å²) in [5, 5.41) is 9.27. The first-order chi connectivity index (χ1) is 9.09. The largest absolute Gasteiger partial charge is 0.478 e. The highest BCUT2D eigenvalue weighted by molar-refractivity contribution is 5.95. The first-order valence-electron chi connectivity index (χ1n) is 6.02. The highest BCUT2D eigenvalue weighted by Gasteiger charge is 2.15. The quantitative estimate of drug-likeness (QED) is 0.913. The van der Waals surface area contributed by atoms with E-state index in [1.807, 2.05) is 37.1 Å². The van der Waals surface area contributed by atoms with Crippen LogP contribution in [0.4, 0.5) is 5.69 Å². The molecular formula is C15H16N2O2. The first-order valence-corrected chi connectivity index (χ1v) is 6.02. The van der Waals surface area contributed by atoms with E-state index in [0.717, 1.165) is 16.8 Å². The molecule has 2 rings (SSSR count). The highest BCUT2D eigenvalue weighted by atomic mass is 16.4. The van der Waals surface area contributed by atoms with Crippen molar-refractivity contribution < 1.29 is 9.90 Å². The molecule has 0 unspecified atom stereocenters. The fourth-order valence-corrected chi connectivity index (χ4v) is 2.18. The third-order valence-corrected chi connectivity index (χ3v) is 2.99. The summed E-state index contributed by atoms with van der Waals surface area (Å²) in [5.41, 5.74) is 3.07. The summed E-state index contributed by atoms with van der Waals surface area (Å²) in [4.78, 5) is 17.3. The van der Waals surface area contributed by atoms with Gasteiger partial charge in [0.1, 0.15) is 0 Å². The number of hydrogen-bond acceptors (Lipinski definition) is 3. The van der Waals surface area contributed by atoms with Crippen LogP contribution >= 0.6 is 0 Å². The molecule has 4 heteroatoms. The number of anilines is 1. The SMILES string of the molecule is Cc1cccc(C(=O)O)c1N(C)Cc1cccnc1. The van der Waals surface area contributed by atoms with Crippen molar-refractivity contribution in [2.24, 2.45) is 0 Å². The van der Waals surface area contributed by atoms with E-state index in [0.29, 0.717) is 12.1 Å². The Labute approximate surface area is 112 Å². The van der Waals surface area contributed by atoms with Gasteiger partial charge in [0.2, 0.25) is 0 Å². The number of nitrogens with zero attached hydrogens (tertiary/aromatic N) is 2. The smallest absolute Gasteiger partial charge is 0.337 e. The maximum atomic E-state index is 11.3. The minimum Gasteiger partial charge on any atom is -0.478 e. The van der Waals surface area contributed by atoms with Gasteiger partial charge < -0.3 is 10.0 Å². The summed E-state index contributed by atoms with van der Waals surface area (Å²) in [7, 11) is 1.89. The topological polar surface area (TPSA) is 53.4 Å². The monoisotopic (exact) mass is 256 g/mol. The van der Waals surface area contributed by atoms with Crippen LogP contribution in [-0.2, 0) is 6.54 Å². The molecule has 1 N–H and O–H groups in total. The number of hydrogen-bond donors (Lipinski definition) is 1. The number of carboxylic acids is 1. The van der Waals surface area contributed by atoms with E-state index in [1.54, 1.807) is 24.5 Å². The molecule has 4 nitrogen and oxygen atoms in total. The number of benzene rings is 1. The Morgan fingerprint density at radius 1 is 1.32 bits per heavy atom. The second-order valence-electron chi connectivity index (χ2n) is 4.49. The van der Waals surface area contributed by atoms with E-state index in [4.69, 9.17) is 0 Å². The number of carbonyl (C=O) groups is 1. The summed E-state index contributed by atoms with van der Waals surface area (Å²) in [6.07, 6.45) is 3.51. The molecule has 0 fully saturated rings. The lowest BCUT2D eigenvalue weighted by molar-refractivity contribution is 0.0697. The minimum atomic E-state index is -0.906. The molecule has 1 aromatic heterocycles. The van der Waals surface area contributed by atoms with Crippen LogP contribution in [0.15, 0.2) is 42.7 Å². The van der Waals surface area contributed by atoms with Crippen LogP contribution in [0, 0.1) is 6.92 Å². The summed E-state index contributed by atoms with van der Waals surface area (Å²) in [6, 6.07) is 9.16. The molecule has 0 saturated heterocycles. The van der Waals surface area contributed by atoms with E-state index < -0.39 is 5.97 Å². The van der Waals surface area contributed by atoms with Crippen LogP contribution in [0.1, 0.15) is 21.5 Å². The number of aromatic carboxylic acids is 1. The predicted molar refractivity (Wildman–Crippen MR) is 74.5 cm³/mol. The van der Waals surface area contributed by atoms with Gasteiger partial charge in [0.15, 0.2) is 0 Å². The van der Waals surface area contributed by atoms with Gasteiger partial charge in [-0.25, -0.2) is 4.79 Å². The molecule has 0 saturated carbocycles. The third-order valence-electron chi connectivity index (χ3n) is 2.99. The molecule has 0 atom stereocenters. The fourth-order valence-electron chi connectivity index (χ4n) is 2.18. The van der Waals surface area contributed by atoms with E-state index in [-0.39, 0.29) is 0 Å². The Kier molecular flexibility index (Phi) is 3.80. The van der Waals surface area contributed by atoms with E-state index in [1.165, 1.54) is 0 Å². The van der Waals surface area contributed by atoms with Gasteiger partial charge in [0.05, 0.1) is 11.3 Å². The zero-order valence-electron chi connectivity index (χ0n) is 11.0. The normalized spacial score (nSPS) is 10.2. The standard InChI is InChI=1S/C15H16N2O2/c1-11-5-3-7-13(15(18)19)14(11)17(2)10-12-6-4-8-16-9-12/h3-9H,10H2,1-2H3,(H,18,19). The summed E-state index contributed by atoms with van der Waals surface area (Å²) in [6.45, 7) is 2.54. The van der Waals surface area contributed by atoms with Crippen molar-refractivity contribution in [1.82, 2.24) is 4.98 Å². The average molecular weight is 256 g/mol. The Bertz CT molecular complexity index is 582. The van der Waals surface area contributed by atoms with E-state index >= 15 is 0 Å². The molecule has 1 heterocycles. The molecule has 0 aliphatic rings. The van der Waals surface area contributed by atoms with E-state index in [9.17, 15) is 9.90 Å². The number of aryl methyl sites for hydroxylation is 1. The average Bonchev–Trinajstić information content (AvgIpc) is 2.39. The Morgan fingerprint density at radius 2 is 2.11 bits per heavy atom. The van der Waals surface area contributed by atoms with Gasteiger partial charge in [-0.15, -0.1) is 0 Å². The molecule has 0 amide bonds. The van der Waals surface area contributed by atoms with Crippen LogP contribution in [0.2, 0.25) is 0 Å². The predicted octanol–water partition coefficient (Wildman–Crippen LogP) is 2.72. The Balaban J connectivity index is 2.33. The molecule has 2 aromatic rings. The summed E-state index contributed by atoms with van der Waals surface area (Å²) >= 11 is 0.